The van der Waals surface area contributed by atoms with Crippen LogP contribution in [0.15, 0.2) is 4.99 Å². The Morgan fingerprint density at radius 3 is 2.55 bits per heavy atom. The predicted molar refractivity (Wildman–Crippen MR) is 47.1 cm³/mol. The fourth-order valence-electron chi connectivity index (χ4n) is 0.930. The van der Waals surface area contributed by atoms with Crippen molar-refractivity contribution in [3.63, 3.8) is 0 Å². The maximum absolute atomic E-state index is 6.57. The van der Waals surface area contributed by atoms with Crippen LogP contribution in [0, 0.1) is 10.8 Å². The average Bonchev–Trinajstić information content (AvgIpc) is 1.87. The minimum Gasteiger partial charge on any atom is -0.330 e. The molecule has 0 bridgehead atoms. The van der Waals surface area contributed by atoms with Gasteiger partial charge in [0.25, 0.3) is 0 Å². The topological polar surface area (TPSA) is 62.2 Å². The van der Waals surface area contributed by atoms with E-state index in [1.165, 1.54) is 0 Å². The Hall–Kier alpha value is -0.660. The lowest BCUT2D eigenvalue weighted by Gasteiger charge is -2.21. The monoisotopic (exact) mass is 155 g/mol. The minimum absolute atomic E-state index is 0.259. The van der Waals surface area contributed by atoms with Crippen molar-refractivity contribution in [1.29, 1.82) is 5.41 Å². The normalized spacial score (nSPS) is 10.8. The number of nitrogens with two attached hydrogens (primary N) is 1. The van der Waals surface area contributed by atoms with E-state index in [0.717, 1.165) is 19.4 Å². The van der Waals surface area contributed by atoms with Crippen LogP contribution in [0.3, 0.4) is 0 Å². The first-order chi connectivity index (χ1) is 5.12. The van der Waals surface area contributed by atoms with Gasteiger partial charge in [-0.05, 0) is 24.8 Å². The van der Waals surface area contributed by atoms with Crippen LogP contribution >= 0.6 is 0 Å². The first-order valence-corrected chi connectivity index (χ1v) is 3.91. The first kappa shape index (κ1) is 10.3. The Morgan fingerprint density at radius 1 is 1.45 bits per heavy atom. The van der Waals surface area contributed by atoms with Crippen molar-refractivity contribution in [2.45, 2.75) is 26.7 Å². The van der Waals surface area contributed by atoms with Gasteiger partial charge in [0.1, 0.15) is 0 Å². The largest absolute Gasteiger partial charge is 0.330 e. The van der Waals surface area contributed by atoms with Crippen LogP contribution in [0.4, 0.5) is 0 Å². The number of aliphatic imine (C=N–C) groups is 1. The molecule has 0 saturated heterocycles. The molecule has 0 spiro atoms. The van der Waals surface area contributed by atoms with E-state index in [1.807, 2.05) is 6.01 Å². The second kappa shape index (κ2) is 5.05. The third-order valence-corrected chi connectivity index (χ3v) is 1.80. The van der Waals surface area contributed by atoms with E-state index >= 15 is 0 Å². The van der Waals surface area contributed by atoms with Gasteiger partial charge in [0.05, 0.1) is 12.6 Å². The van der Waals surface area contributed by atoms with Crippen LogP contribution in [0.2, 0.25) is 0 Å². The molecule has 0 aromatic rings. The molecule has 11 heavy (non-hydrogen) atoms. The molecular formula is C8H17N3. The summed E-state index contributed by atoms with van der Waals surface area (Å²) in [6.07, 6.45) is 2.00. The summed E-state index contributed by atoms with van der Waals surface area (Å²) in [6, 6.07) is 2.03. The summed E-state index contributed by atoms with van der Waals surface area (Å²) >= 11 is 0. The van der Waals surface area contributed by atoms with Crippen molar-refractivity contribution in [1.82, 2.24) is 0 Å². The zero-order chi connectivity index (χ0) is 8.74. The van der Waals surface area contributed by atoms with E-state index in [1.54, 1.807) is 0 Å². The van der Waals surface area contributed by atoms with Crippen LogP contribution in [-0.4, -0.2) is 19.1 Å². The summed E-state index contributed by atoms with van der Waals surface area (Å²) in [6.45, 7) is 5.75. The van der Waals surface area contributed by atoms with Crippen molar-refractivity contribution < 1.29 is 0 Å². The second-order valence-electron chi connectivity index (χ2n) is 3.45. The van der Waals surface area contributed by atoms with Crippen LogP contribution in [0.1, 0.15) is 26.7 Å². The predicted octanol–water partition coefficient (Wildman–Crippen LogP) is 1.50. The molecule has 0 rings (SSSR count). The van der Waals surface area contributed by atoms with Crippen LogP contribution < -0.4 is 5.73 Å². The van der Waals surface area contributed by atoms with Gasteiger partial charge in [-0.1, -0.05) is 13.8 Å². The van der Waals surface area contributed by atoms with E-state index in [9.17, 15) is 0 Å². The molecule has 0 aromatic carbocycles. The average molecular weight is 155 g/mol. The number of rotatable bonds is 5. The Labute approximate surface area is 68.2 Å². The summed E-state index contributed by atoms with van der Waals surface area (Å²) in [5.74, 6) is 0. The summed E-state index contributed by atoms with van der Waals surface area (Å²) in [5.41, 5.74) is 5.69. The lowest BCUT2D eigenvalue weighted by Crippen LogP contribution is -2.17. The Kier molecular flexibility index (Phi) is 4.75. The molecule has 0 radical (unpaired) electrons. The van der Waals surface area contributed by atoms with Crippen LogP contribution in [0.5, 0.6) is 0 Å². The quantitative estimate of drug-likeness (QED) is 0.581. The van der Waals surface area contributed by atoms with Crippen molar-refractivity contribution in [2.75, 3.05) is 13.1 Å². The molecule has 0 unspecified atom stereocenters. The zero-order valence-electron chi connectivity index (χ0n) is 7.35. The molecule has 0 aliphatic carbocycles. The molecule has 0 aliphatic heterocycles. The summed E-state index contributed by atoms with van der Waals surface area (Å²) in [4.78, 5) is 3.72. The fourth-order valence-corrected chi connectivity index (χ4v) is 0.930. The second-order valence-corrected chi connectivity index (χ2v) is 3.45. The maximum Gasteiger partial charge on any atom is 0.0861 e. The van der Waals surface area contributed by atoms with Gasteiger partial charge in [-0.25, -0.2) is 10.4 Å². The van der Waals surface area contributed by atoms with Gasteiger partial charge >= 0.3 is 0 Å². The van der Waals surface area contributed by atoms with Gasteiger partial charge in [-0.3, -0.25) is 0 Å². The molecule has 0 atom stereocenters. The third-order valence-electron chi connectivity index (χ3n) is 1.80. The highest BCUT2D eigenvalue weighted by atomic mass is 14.7. The fraction of sp³-hybridized carbons (Fsp3) is 0.875. The molecule has 0 aromatic heterocycles. The maximum atomic E-state index is 6.57. The zero-order valence-corrected chi connectivity index (χ0v) is 7.35. The minimum atomic E-state index is 0.259. The molecule has 3 heteroatoms. The van der Waals surface area contributed by atoms with Crippen LogP contribution in [-0.2, 0) is 0 Å². The van der Waals surface area contributed by atoms with E-state index < -0.39 is 0 Å². The Morgan fingerprint density at radius 2 is 2.09 bits per heavy atom. The Bertz CT molecular complexity index is 145. The van der Waals surface area contributed by atoms with Gasteiger partial charge in [0.15, 0.2) is 0 Å². The molecule has 0 aliphatic rings. The number of hydrogen-bond acceptors (Lipinski definition) is 3. The lowest BCUT2D eigenvalue weighted by atomic mass is 9.86. The molecular weight excluding hydrogens is 138 g/mol. The van der Waals surface area contributed by atoms with Crippen molar-refractivity contribution in [3.8, 4) is 0 Å². The van der Waals surface area contributed by atoms with Crippen molar-refractivity contribution in [2.24, 2.45) is 16.1 Å². The Balaban J connectivity index is 3.62. The number of hydrogen-bond donors (Lipinski definition) is 2. The highest BCUT2D eigenvalue weighted by Gasteiger charge is 2.15. The lowest BCUT2D eigenvalue weighted by molar-refractivity contribution is 0.319. The van der Waals surface area contributed by atoms with Gasteiger partial charge in [-0.2, -0.15) is 0 Å². The molecule has 3 N–H and O–H groups in total. The van der Waals surface area contributed by atoms with Crippen molar-refractivity contribution >= 4 is 6.01 Å². The van der Waals surface area contributed by atoms with E-state index in [-0.39, 0.29) is 5.41 Å². The van der Waals surface area contributed by atoms with Gasteiger partial charge in [0.2, 0.25) is 0 Å². The summed E-state index contributed by atoms with van der Waals surface area (Å²) in [5, 5.41) is 6.57. The highest BCUT2D eigenvalue weighted by Crippen LogP contribution is 2.23. The smallest absolute Gasteiger partial charge is 0.0861 e. The standard InChI is InChI=1S/C8H17N3/c1-8(2,3-5-9)4-6-11-7-10/h10H,3-6,9H2,1-2H3. The van der Waals surface area contributed by atoms with E-state index in [0.29, 0.717) is 6.54 Å². The number of nitrogens with one attached hydrogen (secondary N) is 1. The molecule has 64 valence electrons. The molecule has 0 heterocycles. The third kappa shape index (κ3) is 5.77. The molecule has 0 fully saturated rings. The SMILES string of the molecule is CC(C)(CCN)CCN=C=N. The summed E-state index contributed by atoms with van der Waals surface area (Å²) < 4.78 is 0. The first-order valence-electron chi connectivity index (χ1n) is 3.91. The molecule has 0 saturated carbocycles. The summed E-state index contributed by atoms with van der Waals surface area (Å²) in [7, 11) is 0. The van der Waals surface area contributed by atoms with Gasteiger partial charge in [0, 0.05) is 0 Å². The van der Waals surface area contributed by atoms with Crippen molar-refractivity contribution in [3.05, 3.63) is 0 Å². The van der Waals surface area contributed by atoms with E-state index in [4.69, 9.17) is 11.1 Å². The van der Waals surface area contributed by atoms with E-state index in [2.05, 4.69) is 18.8 Å². The van der Waals surface area contributed by atoms with Crippen LogP contribution in [0.25, 0.3) is 0 Å². The molecule has 3 nitrogen and oxygen atoms in total. The molecule has 0 amide bonds. The van der Waals surface area contributed by atoms with Gasteiger partial charge < -0.3 is 5.73 Å². The number of nitrogens with zero attached hydrogens (tertiary/aromatic N) is 1. The highest BCUT2D eigenvalue weighted by molar-refractivity contribution is 5.35. The van der Waals surface area contributed by atoms with Gasteiger partial charge in [-0.15, -0.1) is 0 Å².